The monoisotopic (exact) mass is 469 g/mol. The van der Waals surface area contributed by atoms with Gasteiger partial charge in [0.15, 0.2) is 15.4 Å². The van der Waals surface area contributed by atoms with Crippen molar-refractivity contribution < 1.29 is 27.2 Å². The molecule has 1 unspecified atom stereocenters. The minimum absolute atomic E-state index is 0.0631. The van der Waals surface area contributed by atoms with E-state index in [2.05, 4.69) is 10.3 Å². The number of sulfone groups is 1. The molecule has 0 aliphatic carbocycles. The molecule has 0 radical (unpaired) electrons. The Morgan fingerprint density at radius 3 is 2.42 bits per heavy atom. The lowest BCUT2D eigenvalue weighted by Gasteiger charge is -2.23. The Morgan fingerprint density at radius 1 is 1.09 bits per heavy atom. The predicted molar refractivity (Wildman–Crippen MR) is 119 cm³/mol. The van der Waals surface area contributed by atoms with Crippen molar-refractivity contribution in [2.24, 2.45) is 0 Å². The molecule has 0 spiro atoms. The summed E-state index contributed by atoms with van der Waals surface area (Å²) < 4.78 is 31.5. The Morgan fingerprint density at radius 2 is 1.76 bits per heavy atom. The second kappa shape index (κ2) is 8.78. The Hall–Kier alpha value is -3.53. The first-order valence-electron chi connectivity index (χ1n) is 10.4. The molecular weight excluding hydrogens is 446 g/mol. The number of carbonyl (C=O) groups excluding carboxylic acids is 3. The number of benzene rings is 2. The van der Waals surface area contributed by atoms with Crippen LogP contribution < -0.4 is 5.32 Å². The van der Waals surface area contributed by atoms with E-state index in [4.69, 9.17) is 4.42 Å². The number of fused-ring (bicyclic) bond motifs is 1. The van der Waals surface area contributed by atoms with Crippen LogP contribution in [0.1, 0.15) is 31.0 Å². The van der Waals surface area contributed by atoms with Crippen LogP contribution in [-0.2, 0) is 19.4 Å². The van der Waals surface area contributed by atoms with Gasteiger partial charge in [-0.3, -0.25) is 14.4 Å². The second-order valence-electron chi connectivity index (χ2n) is 7.98. The van der Waals surface area contributed by atoms with Crippen LogP contribution in [-0.4, -0.2) is 59.8 Å². The highest BCUT2D eigenvalue weighted by atomic mass is 32.2. The van der Waals surface area contributed by atoms with Gasteiger partial charge in [-0.05, 0) is 37.6 Å². The highest BCUT2D eigenvalue weighted by Crippen LogP contribution is 2.28. The van der Waals surface area contributed by atoms with E-state index in [0.29, 0.717) is 11.1 Å². The number of amides is 2. The summed E-state index contributed by atoms with van der Waals surface area (Å²) in [4.78, 5) is 43.4. The fraction of sp³-hybridized carbons (Fsp3) is 0.304. The van der Waals surface area contributed by atoms with E-state index in [9.17, 15) is 22.8 Å². The number of nitrogens with zero attached hydrogens (tertiary/aromatic N) is 2. The van der Waals surface area contributed by atoms with Gasteiger partial charge in [0, 0.05) is 13.5 Å². The highest BCUT2D eigenvalue weighted by Gasteiger charge is 2.44. The van der Waals surface area contributed by atoms with Crippen molar-refractivity contribution >= 4 is 38.5 Å². The van der Waals surface area contributed by atoms with Crippen molar-refractivity contribution in [1.29, 1.82) is 0 Å². The molecule has 1 fully saturated rings. The van der Waals surface area contributed by atoms with Crippen molar-refractivity contribution in [3.05, 3.63) is 60.5 Å². The Bertz CT molecular complexity index is 1290. The molecule has 1 aromatic heterocycles. The summed E-state index contributed by atoms with van der Waals surface area (Å²) in [6, 6.07) is 12.8. The third-order valence-electron chi connectivity index (χ3n) is 5.74. The lowest BCUT2D eigenvalue weighted by Crippen LogP contribution is -2.49. The highest BCUT2D eigenvalue weighted by molar-refractivity contribution is 7.92. The number of Topliss-reactive ketones (excluding diaryl/α,β-unsaturated/α-hetero) is 1. The van der Waals surface area contributed by atoms with Crippen molar-refractivity contribution in [2.45, 2.75) is 42.5 Å². The van der Waals surface area contributed by atoms with Crippen LogP contribution >= 0.6 is 0 Å². The second-order valence-corrected chi connectivity index (χ2v) is 10.2. The minimum Gasteiger partial charge on any atom is -0.434 e. The first-order valence-corrected chi connectivity index (χ1v) is 12.0. The van der Waals surface area contributed by atoms with Gasteiger partial charge < -0.3 is 14.6 Å². The fourth-order valence-corrected chi connectivity index (χ4v) is 5.67. The summed E-state index contributed by atoms with van der Waals surface area (Å²) in [5.41, 5.74) is 0.971. The molecule has 2 heterocycles. The van der Waals surface area contributed by atoms with Gasteiger partial charge in [0.1, 0.15) is 11.6 Å². The van der Waals surface area contributed by atoms with E-state index in [1.54, 1.807) is 42.5 Å². The predicted octanol–water partition coefficient (Wildman–Crippen LogP) is 1.98. The number of carbonyl (C=O) groups is 3. The van der Waals surface area contributed by atoms with E-state index in [1.165, 1.54) is 30.9 Å². The van der Waals surface area contributed by atoms with Crippen LogP contribution in [0.4, 0.5) is 0 Å². The van der Waals surface area contributed by atoms with E-state index < -0.39 is 44.8 Å². The SMILES string of the molecule is CC(=O)N1C[C@H](S(=O)(=O)c2ccccc2)C[C@H]1C(=O)NC(C)C(=O)c1nc2ccccc2o1. The van der Waals surface area contributed by atoms with Gasteiger partial charge in [-0.1, -0.05) is 30.3 Å². The van der Waals surface area contributed by atoms with Gasteiger partial charge in [-0.2, -0.15) is 0 Å². The van der Waals surface area contributed by atoms with Gasteiger partial charge in [0.2, 0.25) is 17.6 Å². The number of hydrogen-bond donors (Lipinski definition) is 1. The third kappa shape index (κ3) is 4.38. The molecule has 172 valence electrons. The standard InChI is InChI=1S/C23H23N3O6S/c1-14(21(28)23-25-18-10-6-7-11-20(18)32-23)24-22(29)19-12-17(13-26(19)15(2)27)33(30,31)16-8-4-3-5-9-16/h3-11,14,17,19H,12-13H2,1-2H3,(H,24,29)/t14?,17-,19+/m1/s1. The van der Waals surface area contributed by atoms with E-state index in [0.717, 1.165) is 0 Å². The third-order valence-corrected chi connectivity index (χ3v) is 7.89. The van der Waals surface area contributed by atoms with Gasteiger partial charge in [-0.25, -0.2) is 13.4 Å². The molecule has 4 rings (SSSR count). The molecule has 1 saturated heterocycles. The normalized spacial score (nSPS) is 19.4. The van der Waals surface area contributed by atoms with Crippen LogP contribution in [0.25, 0.3) is 11.1 Å². The van der Waals surface area contributed by atoms with Crippen molar-refractivity contribution in [2.75, 3.05) is 6.54 Å². The Kier molecular flexibility index (Phi) is 6.03. The lowest BCUT2D eigenvalue weighted by atomic mass is 10.1. The Balaban J connectivity index is 1.50. The van der Waals surface area contributed by atoms with Gasteiger partial charge in [0.25, 0.3) is 5.89 Å². The molecule has 0 bridgehead atoms. The molecular formula is C23H23N3O6S. The summed E-state index contributed by atoms with van der Waals surface area (Å²) in [6.45, 7) is 2.67. The van der Waals surface area contributed by atoms with E-state index in [-0.39, 0.29) is 23.8 Å². The quantitative estimate of drug-likeness (QED) is 0.547. The summed E-state index contributed by atoms with van der Waals surface area (Å²) in [7, 11) is -3.74. The zero-order valence-electron chi connectivity index (χ0n) is 18.1. The number of ketones is 1. The number of aromatic nitrogens is 1. The first-order chi connectivity index (χ1) is 15.7. The zero-order chi connectivity index (χ0) is 23.8. The number of rotatable bonds is 6. The van der Waals surface area contributed by atoms with Crippen molar-refractivity contribution in [3.63, 3.8) is 0 Å². The average Bonchev–Trinajstić information content (AvgIpc) is 3.44. The average molecular weight is 470 g/mol. The molecule has 1 aliphatic heterocycles. The Labute approximate surface area is 190 Å². The number of para-hydroxylation sites is 2. The summed E-state index contributed by atoms with van der Waals surface area (Å²) >= 11 is 0. The number of hydrogen-bond acceptors (Lipinski definition) is 7. The number of likely N-dealkylation sites (tertiary alicyclic amines) is 1. The minimum atomic E-state index is -3.74. The zero-order valence-corrected chi connectivity index (χ0v) is 18.9. The maximum atomic E-state index is 13.0. The van der Waals surface area contributed by atoms with Crippen LogP contribution in [0.5, 0.6) is 0 Å². The summed E-state index contributed by atoms with van der Waals surface area (Å²) in [6.07, 6.45) is -0.0631. The molecule has 1 N–H and O–H groups in total. The van der Waals surface area contributed by atoms with Crippen LogP contribution in [0.15, 0.2) is 63.9 Å². The molecule has 2 aromatic carbocycles. The molecule has 9 nitrogen and oxygen atoms in total. The molecule has 2 amide bonds. The fourth-order valence-electron chi connectivity index (χ4n) is 3.96. The number of oxazole rings is 1. The first kappa shape index (κ1) is 22.7. The topological polar surface area (TPSA) is 127 Å². The van der Waals surface area contributed by atoms with E-state index >= 15 is 0 Å². The van der Waals surface area contributed by atoms with Crippen LogP contribution in [0.3, 0.4) is 0 Å². The summed E-state index contributed by atoms with van der Waals surface area (Å²) in [5, 5.41) is 1.66. The van der Waals surface area contributed by atoms with Crippen LogP contribution in [0, 0.1) is 0 Å². The maximum absolute atomic E-state index is 13.0. The molecule has 1 aliphatic rings. The molecule has 10 heteroatoms. The van der Waals surface area contributed by atoms with E-state index in [1.807, 2.05) is 0 Å². The number of nitrogens with one attached hydrogen (secondary N) is 1. The molecule has 3 aromatic rings. The van der Waals surface area contributed by atoms with Crippen LogP contribution in [0.2, 0.25) is 0 Å². The van der Waals surface area contributed by atoms with Crippen molar-refractivity contribution in [1.82, 2.24) is 15.2 Å². The molecule has 0 saturated carbocycles. The van der Waals surface area contributed by atoms with Gasteiger partial charge in [-0.15, -0.1) is 0 Å². The maximum Gasteiger partial charge on any atom is 0.266 e. The smallest absolute Gasteiger partial charge is 0.266 e. The lowest BCUT2D eigenvalue weighted by molar-refractivity contribution is -0.137. The van der Waals surface area contributed by atoms with Gasteiger partial charge in [0.05, 0.1) is 16.2 Å². The van der Waals surface area contributed by atoms with Gasteiger partial charge >= 0.3 is 0 Å². The molecule has 33 heavy (non-hydrogen) atoms. The largest absolute Gasteiger partial charge is 0.434 e. The summed E-state index contributed by atoms with van der Waals surface area (Å²) in [5.74, 6) is -1.68. The van der Waals surface area contributed by atoms with Crippen molar-refractivity contribution in [3.8, 4) is 0 Å². The molecule has 3 atom stereocenters.